The van der Waals surface area contributed by atoms with Gasteiger partial charge in [-0.05, 0) is 19.4 Å². The SMILES string of the molecule is CCC(C)(NC(=O)c1ccc(OC)nc1)C(=O)O. The van der Waals surface area contributed by atoms with Gasteiger partial charge in [0.15, 0.2) is 0 Å². The van der Waals surface area contributed by atoms with Gasteiger partial charge in [-0.3, -0.25) is 4.79 Å². The third kappa shape index (κ3) is 2.97. The van der Waals surface area contributed by atoms with E-state index in [9.17, 15) is 9.59 Å². The number of aliphatic carboxylic acids is 1. The minimum atomic E-state index is -1.28. The normalized spacial score (nSPS) is 13.5. The second-order valence-corrected chi connectivity index (χ2v) is 4.03. The van der Waals surface area contributed by atoms with Gasteiger partial charge in [0.25, 0.3) is 5.91 Å². The number of rotatable bonds is 5. The Hall–Kier alpha value is -2.11. The van der Waals surface area contributed by atoms with Gasteiger partial charge in [-0.25, -0.2) is 9.78 Å². The van der Waals surface area contributed by atoms with E-state index in [-0.39, 0.29) is 12.0 Å². The van der Waals surface area contributed by atoms with Crippen molar-refractivity contribution in [3.8, 4) is 5.88 Å². The molecule has 2 N–H and O–H groups in total. The number of nitrogens with zero attached hydrogens (tertiary/aromatic N) is 1. The van der Waals surface area contributed by atoms with Crippen LogP contribution in [0.3, 0.4) is 0 Å². The number of nitrogens with one attached hydrogen (secondary N) is 1. The predicted octanol–water partition coefficient (Wildman–Crippen LogP) is 1.07. The van der Waals surface area contributed by atoms with Crippen LogP contribution >= 0.6 is 0 Å². The van der Waals surface area contributed by atoms with E-state index in [1.807, 2.05) is 0 Å². The van der Waals surface area contributed by atoms with Gasteiger partial charge in [0.05, 0.1) is 12.7 Å². The Balaban J connectivity index is 2.84. The highest BCUT2D eigenvalue weighted by atomic mass is 16.5. The van der Waals surface area contributed by atoms with Crippen LogP contribution in [-0.4, -0.2) is 34.6 Å². The number of carbonyl (C=O) groups is 2. The summed E-state index contributed by atoms with van der Waals surface area (Å²) in [5.41, 5.74) is -0.992. The average Bonchev–Trinajstić information content (AvgIpc) is 2.38. The lowest BCUT2D eigenvalue weighted by atomic mass is 9.99. The number of aromatic nitrogens is 1. The topological polar surface area (TPSA) is 88.5 Å². The molecule has 0 radical (unpaired) electrons. The molecule has 0 saturated carbocycles. The molecule has 6 nitrogen and oxygen atoms in total. The van der Waals surface area contributed by atoms with Crippen molar-refractivity contribution in [2.75, 3.05) is 7.11 Å². The first kappa shape index (κ1) is 14.0. The summed E-state index contributed by atoms with van der Waals surface area (Å²) in [5, 5.41) is 11.5. The highest BCUT2D eigenvalue weighted by molar-refractivity contribution is 5.97. The largest absolute Gasteiger partial charge is 0.481 e. The van der Waals surface area contributed by atoms with Crippen LogP contribution in [-0.2, 0) is 4.79 Å². The van der Waals surface area contributed by atoms with Gasteiger partial charge in [0.2, 0.25) is 5.88 Å². The van der Waals surface area contributed by atoms with Crippen molar-refractivity contribution in [2.45, 2.75) is 25.8 Å². The summed E-state index contributed by atoms with van der Waals surface area (Å²) in [7, 11) is 1.47. The molecule has 1 amide bonds. The highest BCUT2D eigenvalue weighted by Gasteiger charge is 2.33. The van der Waals surface area contributed by atoms with E-state index in [1.54, 1.807) is 13.0 Å². The van der Waals surface area contributed by atoms with Crippen LogP contribution in [0.25, 0.3) is 0 Å². The van der Waals surface area contributed by atoms with E-state index in [4.69, 9.17) is 9.84 Å². The molecule has 1 unspecified atom stereocenters. The Labute approximate surface area is 105 Å². The summed E-state index contributed by atoms with van der Waals surface area (Å²) < 4.78 is 4.87. The molecule has 1 aromatic rings. The Morgan fingerprint density at radius 1 is 1.50 bits per heavy atom. The van der Waals surface area contributed by atoms with Gasteiger partial charge in [-0.2, -0.15) is 0 Å². The molecule has 1 atom stereocenters. The molecule has 1 rings (SSSR count). The van der Waals surface area contributed by atoms with Crippen molar-refractivity contribution in [3.05, 3.63) is 23.9 Å². The molecule has 6 heteroatoms. The molecule has 0 saturated heterocycles. The summed E-state index contributed by atoms with van der Waals surface area (Å²) >= 11 is 0. The van der Waals surface area contributed by atoms with Gasteiger partial charge in [0.1, 0.15) is 5.54 Å². The minimum absolute atomic E-state index is 0.289. The molecule has 0 aliphatic rings. The van der Waals surface area contributed by atoms with Gasteiger partial charge < -0.3 is 15.2 Å². The first-order chi connectivity index (χ1) is 8.42. The third-order valence-corrected chi connectivity index (χ3v) is 2.78. The second-order valence-electron chi connectivity index (χ2n) is 4.03. The van der Waals surface area contributed by atoms with Gasteiger partial charge in [0, 0.05) is 12.3 Å². The first-order valence-electron chi connectivity index (χ1n) is 5.49. The van der Waals surface area contributed by atoms with Gasteiger partial charge in [-0.15, -0.1) is 0 Å². The van der Waals surface area contributed by atoms with Crippen molar-refractivity contribution in [2.24, 2.45) is 0 Å². The Morgan fingerprint density at radius 2 is 2.17 bits per heavy atom. The standard InChI is InChI=1S/C12H16N2O4/c1-4-12(2,11(16)17)14-10(15)8-5-6-9(18-3)13-7-8/h5-7H,4H2,1-3H3,(H,14,15)(H,16,17). The molecular weight excluding hydrogens is 236 g/mol. The zero-order chi connectivity index (χ0) is 13.8. The molecule has 98 valence electrons. The number of carboxylic acid groups (broad SMARTS) is 1. The van der Waals surface area contributed by atoms with Crippen LogP contribution in [0.5, 0.6) is 5.88 Å². The zero-order valence-electron chi connectivity index (χ0n) is 10.6. The van der Waals surface area contributed by atoms with Crippen molar-refractivity contribution < 1.29 is 19.4 Å². The summed E-state index contributed by atoms with van der Waals surface area (Å²) in [5.74, 6) is -1.15. The lowest BCUT2D eigenvalue weighted by molar-refractivity contribution is -0.143. The maximum atomic E-state index is 11.9. The summed E-state index contributed by atoms with van der Waals surface area (Å²) in [4.78, 5) is 26.8. The molecule has 0 aliphatic heterocycles. The predicted molar refractivity (Wildman–Crippen MR) is 64.6 cm³/mol. The van der Waals surface area contributed by atoms with Crippen LogP contribution in [0.2, 0.25) is 0 Å². The number of amides is 1. The average molecular weight is 252 g/mol. The molecule has 0 fully saturated rings. The summed E-state index contributed by atoms with van der Waals surface area (Å²) in [6.45, 7) is 3.16. The zero-order valence-corrected chi connectivity index (χ0v) is 10.6. The van der Waals surface area contributed by atoms with Crippen LogP contribution < -0.4 is 10.1 Å². The molecule has 0 bridgehead atoms. The van der Waals surface area contributed by atoms with E-state index >= 15 is 0 Å². The fourth-order valence-corrected chi connectivity index (χ4v) is 1.25. The molecule has 1 aromatic heterocycles. The lowest BCUT2D eigenvalue weighted by Crippen LogP contribution is -2.51. The monoisotopic (exact) mass is 252 g/mol. The van der Waals surface area contributed by atoms with Crippen LogP contribution in [0.15, 0.2) is 18.3 Å². The minimum Gasteiger partial charge on any atom is -0.481 e. The van der Waals surface area contributed by atoms with Crippen molar-refractivity contribution in [1.82, 2.24) is 10.3 Å². The van der Waals surface area contributed by atoms with E-state index in [0.717, 1.165) is 0 Å². The Bertz CT molecular complexity index is 444. The molecule has 0 aliphatic carbocycles. The number of pyridine rings is 1. The fraction of sp³-hybridized carbons (Fsp3) is 0.417. The van der Waals surface area contributed by atoms with E-state index in [1.165, 1.54) is 26.3 Å². The quantitative estimate of drug-likeness (QED) is 0.818. The van der Waals surface area contributed by atoms with Crippen molar-refractivity contribution >= 4 is 11.9 Å². The Kier molecular flexibility index (Phi) is 4.25. The molecule has 0 aromatic carbocycles. The maximum absolute atomic E-state index is 11.9. The van der Waals surface area contributed by atoms with Crippen LogP contribution in [0, 0.1) is 0 Å². The van der Waals surface area contributed by atoms with E-state index < -0.39 is 17.4 Å². The van der Waals surface area contributed by atoms with Crippen LogP contribution in [0.1, 0.15) is 30.6 Å². The van der Waals surface area contributed by atoms with Crippen molar-refractivity contribution in [1.29, 1.82) is 0 Å². The molecule has 18 heavy (non-hydrogen) atoms. The number of ether oxygens (including phenoxy) is 1. The van der Waals surface area contributed by atoms with Crippen molar-refractivity contribution in [3.63, 3.8) is 0 Å². The highest BCUT2D eigenvalue weighted by Crippen LogP contribution is 2.12. The number of hydrogen-bond acceptors (Lipinski definition) is 4. The number of hydrogen-bond donors (Lipinski definition) is 2. The molecule has 1 heterocycles. The van der Waals surface area contributed by atoms with E-state index in [2.05, 4.69) is 10.3 Å². The second kappa shape index (κ2) is 5.48. The molecule has 0 spiro atoms. The molecular formula is C12H16N2O4. The fourth-order valence-electron chi connectivity index (χ4n) is 1.25. The van der Waals surface area contributed by atoms with Gasteiger partial charge >= 0.3 is 5.97 Å². The van der Waals surface area contributed by atoms with Crippen LogP contribution in [0.4, 0.5) is 0 Å². The third-order valence-electron chi connectivity index (χ3n) is 2.78. The Morgan fingerprint density at radius 3 is 2.56 bits per heavy atom. The summed E-state index contributed by atoms with van der Waals surface area (Å²) in [6.07, 6.45) is 1.63. The number of methoxy groups -OCH3 is 1. The number of carbonyl (C=O) groups excluding carboxylic acids is 1. The maximum Gasteiger partial charge on any atom is 0.329 e. The number of carboxylic acids is 1. The summed E-state index contributed by atoms with van der Waals surface area (Å²) in [6, 6.07) is 3.07. The van der Waals surface area contributed by atoms with Gasteiger partial charge in [-0.1, -0.05) is 6.92 Å². The first-order valence-corrected chi connectivity index (χ1v) is 5.49. The lowest BCUT2D eigenvalue weighted by Gasteiger charge is -2.24. The van der Waals surface area contributed by atoms with E-state index in [0.29, 0.717) is 5.88 Å². The smallest absolute Gasteiger partial charge is 0.329 e.